The molecule has 1 aliphatic rings. The minimum absolute atomic E-state index is 0.0582. The zero-order valence-electron chi connectivity index (χ0n) is 15.5. The van der Waals surface area contributed by atoms with Gasteiger partial charge in [-0.3, -0.25) is 9.36 Å². The van der Waals surface area contributed by atoms with Crippen LogP contribution in [0.1, 0.15) is 36.2 Å². The number of aromatic nitrogens is 3. The predicted octanol–water partition coefficient (Wildman–Crippen LogP) is 3.91. The highest BCUT2D eigenvalue weighted by Gasteiger charge is 2.43. The van der Waals surface area contributed by atoms with Gasteiger partial charge in [0.2, 0.25) is 0 Å². The molecular weight excluding hydrogens is 381 g/mol. The molecule has 0 unspecified atom stereocenters. The first-order chi connectivity index (χ1) is 13.8. The van der Waals surface area contributed by atoms with Crippen molar-refractivity contribution in [3.63, 3.8) is 0 Å². The van der Waals surface area contributed by atoms with E-state index in [9.17, 15) is 18.0 Å². The minimum atomic E-state index is -2.90. The highest BCUT2D eigenvalue weighted by Crippen LogP contribution is 2.42. The van der Waals surface area contributed by atoms with Crippen LogP contribution in [0.15, 0.2) is 35.3 Å². The Morgan fingerprint density at radius 1 is 1.34 bits per heavy atom. The van der Waals surface area contributed by atoms with Crippen LogP contribution in [0.2, 0.25) is 0 Å². The number of alkyl halides is 2. The highest BCUT2D eigenvalue weighted by atomic mass is 19.3. The molecule has 5 nitrogen and oxygen atoms in total. The maximum Gasteiger partial charge on any atom is 0.266 e. The number of hydrogen-bond donors (Lipinski definition) is 1. The van der Waals surface area contributed by atoms with E-state index in [1.54, 1.807) is 13.1 Å². The Morgan fingerprint density at radius 3 is 2.76 bits per heavy atom. The maximum atomic E-state index is 14.3. The molecular formula is C21H17F3N4O. The number of benzene rings is 1. The molecule has 3 aromatic rings. The van der Waals surface area contributed by atoms with Crippen LogP contribution in [0.3, 0.4) is 0 Å². The zero-order chi connectivity index (χ0) is 20.8. The number of nitrogens with one attached hydrogen (secondary N) is 1. The number of fused-ring (bicyclic) bond motifs is 1. The van der Waals surface area contributed by atoms with E-state index in [2.05, 4.69) is 21.2 Å². The maximum absolute atomic E-state index is 14.3. The van der Waals surface area contributed by atoms with Crippen molar-refractivity contribution in [3.8, 4) is 12.3 Å². The summed E-state index contributed by atoms with van der Waals surface area (Å²) in [6.07, 6.45) is 5.73. The van der Waals surface area contributed by atoms with Crippen molar-refractivity contribution < 1.29 is 13.2 Å². The smallest absolute Gasteiger partial charge is 0.266 e. The average Bonchev–Trinajstić information content (AvgIpc) is 3.47. The van der Waals surface area contributed by atoms with Gasteiger partial charge in [0.15, 0.2) is 0 Å². The van der Waals surface area contributed by atoms with Gasteiger partial charge in [-0.15, -0.1) is 6.42 Å². The highest BCUT2D eigenvalue weighted by molar-refractivity contribution is 5.88. The second kappa shape index (κ2) is 6.92. The molecule has 8 heteroatoms. The second-order valence-electron chi connectivity index (χ2n) is 7.05. The lowest BCUT2D eigenvalue weighted by molar-refractivity contribution is 0.146. The molecule has 0 aliphatic heterocycles. The lowest BCUT2D eigenvalue weighted by atomic mass is 10.1. The van der Waals surface area contributed by atoms with E-state index in [1.807, 2.05) is 0 Å². The summed E-state index contributed by atoms with van der Waals surface area (Å²) < 4.78 is 41.7. The third kappa shape index (κ3) is 3.33. The van der Waals surface area contributed by atoms with Gasteiger partial charge in [-0.05, 0) is 19.8 Å². The number of nitrogens with zero attached hydrogens (tertiary/aromatic N) is 3. The molecule has 29 heavy (non-hydrogen) atoms. The molecule has 0 bridgehead atoms. The molecule has 0 amide bonds. The number of hydrogen-bond acceptors (Lipinski definition) is 4. The summed E-state index contributed by atoms with van der Waals surface area (Å²) in [4.78, 5) is 21.1. The van der Waals surface area contributed by atoms with Crippen molar-refractivity contribution in [3.05, 3.63) is 63.6 Å². The largest absolute Gasteiger partial charge is 0.365 e. The Morgan fingerprint density at radius 2 is 2.10 bits per heavy atom. The Hall–Kier alpha value is -3.34. The van der Waals surface area contributed by atoms with Gasteiger partial charge in [-0.1, -0.05) is 24.1 Å². The third-order valence-electron chi connectivity index (χ3n) is 5.09. The summed E-state index contributed by atoms with van der Waals surface area (Å²) in [5.41, 5.74) is -1.02. The summed E-state index contributed by atoms with van der Waals surface area (Å²) in [5, 5.41) is 3.53. The summed E-state index contributed by atoms with van der Waals surface area (Å²) in [6.45, 7) is 1.61. The first-order valence-corrected chi connectivity index (χ1v) is 9.03. The van der Waals surface area contributed by atoms with E-state index in [0.717, 1.165) is 6.07 Å². The molecule has 0 spiro atoms. The van der Waals surface area contributed by atoms with Crippen LogP contribution >= 0.6 is 0 Å². The van der Waals surface area contributed by atoms with E-state index >= 15 is 0 Å². The predicted molar refractivity (Wildman–Crippen MR) is 103 cm³/mol. The molecule has 0 saturated heterocycles. The van der Waals surface area contributed by atoms with Crippen LogP contribution in [-0.4, -0.2) is 14.5 Å². The molecule has 1 saturated carbocycles. The standard InChI is InChI=1S/C21H17F3N4O/c1-3-21(7-8-21)28-11-15-16(9-17(28)29)26-12(2)27-20(15)25-10-13-5-4-6-14(18(13)22)19(23)24/h1,4-6,9,11,19H,7-8,10H2,2H3,(H,25,26,27). The van der Waals surface area contributed by atoms with Gasteiger partial charge >= 0.3 is 0 Å². The van der Waals surface area contributed by atoms with Crippen LogP contribution in [0, 0.1) is 25.1 Å². The van der Waals surface area contributed by atoms with Crippen molar-refractivity contribution in [2.75, 3.05) is 5.32 Å². The number of halogens is 3. The lowest BCUT2D eigenvalue weighted by Crippen LogP contribution is -2.28. The molecule has 1 aromatic carbocycles. The van der Waals surface area contributed by atoms with Crippen LogP contribution in [0.4, 0.5) is 19.0 Å². The van der Waals surface area contributed by atoms with Crippen LogP contribution in [0.25, 0.3) is 10.9 Å². The average molecular weight is 398 g/mol. The Balaban J connectivity index is 1.74. The monoisotopic (exact) mass is 398 g/mol. The van der Waals surface area contributed by atoms with Crippen molar-refractivity contribution in [2.45, 2.75) is 38.3 Å². The number of pyridine rings is 1. The fraction of sp³-hybridized carbons (Fsp3) is 0.286. The van der Waals surface area contributed by atoms with Crippen molar-refractivity contribution in [1.82, 2.24) is 14.5 Å². The van der Waals surface area contributed by atoms with E-state index in [0.29, 0.717) is 35.4 Å². The molecule has 148 valence electrons. The lowest BCUT2D eigenvalue weighted by Gasteiger charge is -2.16. The fourth-order valence-electron chi connectivity index (χ4n) is 3.35. The Labute approximate surface area is 164 Å². The minimum Gasteiger partial charge on any atom is -0.365 e. The summed E-state index contributed by atoms with van der Waals surface area (Å²) in [5.74, 6) is 2.50. The van der Waals surface area contributed by atoms with Crippen LogP contribution in [-0.2, 0) is 12.1 Å². The first kappa shape index (κ1) is 19.0. The Bertz CT molecular complexity index is 1210. The SMILES string of the molecule is C#CC1(n2cc3c(NCc4cccc(C(F)F)c4F)nc(C)nc3cc2=O)CC1. The number of anilines is 1. The first-order valence-electron chi connectivity index (χ1n) is 9.03. The van der Waals surface area contributed by atoms with Crippen LogP contribution in [0.5, 0.6) is 0 Å². The summed E-state index contributed by atoms with van der Waals surface area (Å²) in [7, 11) is 0. The molecule has 1 N–H and O–H groups in total. The van der Waals surface area contributed by atoms with Crippen LogP contribution < -0.4 is 10.9 Å². The number of aryl methyl sites for hydroxylation is 1. The third-order valence-corrected chi connectivity index (χ3v) is 5.09. The summed E-state index contributed by atoms with van der Waals surface area (Å²) >= 11 is 0. The second-order valence-corrected chi connectivity index (χ2v) is 7.05. The van der Waals surface area contributed by atoms with E-state index in [-0.39, 0.29) is 17.7 Å². The van der Waals surface area contributed by atoms with Crippen molar-refractivity contribution in [1.29, 1.82) is 0 Å². The molecule has 2 heterocycles. The van der Waals surface area contributed by atoms with Gasteiger partial charge in [0, 0.05) is 24.4 Å². The normalized spacial score (nSPS) is 14.8. The quantitative estimate of drug-likeness (QED) is 0.662. The van der Waals surface area contributed by atoms with Gasteiger partial charge in [-0.25, -0.2) is 23.1 Å². The Kier molecular flexibility index (Phi) is 4.53. The zero-order valence-corrected chi connectivity index (χ0v) is 15.5. The van der Waals surface area contributed by atoms with Gasteiger partial charge in [0.1, 0.15) is 23.0 Å². The molecule has 4 rings (SSSR count). The topological polar surface area (TPSA) is 59.8 Å². The fourth-order valence-corrected chi connectivity index (χ4v) is 3.35. The number of rotatable bonds is 5. The molecule has 1 fully saturated rings. The van der Waals surface area contributed by atoms with Gasteiger partial charge < -0.3 is 5.32 Å². The van der Waals surface area contributed by atoms with E-state index in [4.69, 9.17) is 6.42 Å². The molecule has 2 aromatic heterocycles. The van der Waals surface area contributed by atoms with E-state index < -0.39 is 23.3 Å². The van der Waals surface area contributed by atoms with Crippen molar-refractivity contribution in [2.24, 2.45) is 0 Å². The van der Waals surface area contributed by atoms with Gasteiger partial charge in [0.25, 0.3) is 12.0 Å². The van der Waals surface area contributed by atoms with Gasteiger partial charge in [0.05, 0.1) is 16.5 Å². The molecule has 0 atom stereocenters. The van der Waals surface area contributed by atoms with E-state index in [1.165, 1.54) is 22.8 Å². The molecule has 0 radical (unpaired) electrons. The number of terminal acetylenes is 1. The summed E-state index contributed by atoms with van der Waals surface area (Å²) in [6, 6.07) is 5.26. The van der Waals surface area contributed by atoms with Gasteiger partial charge in [-0.2, -0.15) is 0 Å². The molecule has 1 aliphatic carbocycles. The van der Waals surface area contributed by atoms with Crippen molar-refractivity contribution >= 4 is 16.7 Å².